The van der Waals surface area contributed by atoms with E-state index in [0.29, 0.717) is 5.41 Å². The number of hydrogen-bond acceptors (Lipinski definition) is 5. The summed E-state index contributed by atoms with van der Waals surface area (Å²) in [6, 6.07) is 0. The summed E-state index contributed by atoms with van der Waals surface area (Å²) >= 11 is 0. The standard InChI is InChI=1S/C18H30N6O/c1-3-17(9-10-17)13-24-16(19-20-21-24)22-11-12-23(15(2)25)18(14-22)7-5-4-6-8-18/h3-14H2,1-2H3. The Morgan fingerprint density at radius 1 is 1.12 bits per heavy atom. The molecular weight excluding hydrogens is 316 g/mol. The van der Waals surface area contributed by atoms with E-state index in [4.69, 9.17) is 0 Å². The van der Waals surface area contributed by atoms with E-state index >= 15 is 0 Å². The fourth-order valence-electron chi connectivity index (χ4n) is 4.92. The Kier molecular flexibility index (Phi) is 4.20. The molecule has 0 aromatic carbocycles. The number of carbonyl (C=O) groups is 1. The monoisotopic (exact) mass is 346 g/mol. The van der Waals surface area contributed by atoms with Gasteiger partial charge in [-0.05, 0) is 47.9 Å². The Balaban J connectivity index is 1.56. The van der Waals surface area contributed by atoms with Gasteiger partial charge in [0.1, 0.15) is 0 Å². The first-order valence-electron chi connectivity index (χ1n) is 9.87. The van der Waals surface area contributed by atoms with Crippen molar-refractivity contribution in [2.24, 2.45) is 5.41 Å². The molecule has 1 saturated heterocycles. The summed E-state index contributed by atoms with van der Waals surface area (Å²) in [7, 11) is 0. The van der Waals surface area contributed by atoms with Crippen molar-refractivity contribution < 1.29 is 4.79 Å². The van der Waals surface area contributed by atoms with E-state index in [1.165, 1.54) is 38.5 Å². The molecule has 1 aliphatic heterocycles. The third-order valence-corrected chi connectivity index (χ3v) is 6.80. The molecule has 4 rings (SSSR count). The number of aromatic nitrogens is 4. The maximum absolute atomic E-state index is 12.2. The minimum absolute atomic E-state index is 0.0266. The van der Waals surface area contributed by atoms with Crippen molar-refractivity contribution in [3.63, 3.8) is 0 Å². The van der Waals surface area contributed by atoms with Crippen molar-refractivity contribution in [3.8, 4) is 0 Å². The van der Waals surface area contributed by atoms with Crippen molar-refractivity contribution in [1.82, 2.24) is 25.1 Å². The Bertz CT molecular complexity index is 631. The van der Waals surface area contributed by atoms with Crippen molar-refractivity contribution in [1.29, 1.82) is 0 Å². The van der Waals surface area contributed by atoms with Crippen LogP contribution in [0.3, 0.4) is 0 Å². The highest BCUT2D eigenvalue weighted by Crippen LogP contribution is 2.50. The Labute approximate surface area is 149 Å². The summed E-state index contributed by atoms with van der Waals surface area (Å²) in [4.78, 5) is 16.7. The summed E-state index contributed by atoms with van der Waals surface area (Å²) in [5.41, 5.74) is 0.384. The van der Waals surface area contributed by atoms with Gasteiger partial charge in [0.15, 0.2) is 0 Å². The highest BCUT2D eigenvalue weighted by molar-refractivity contribution is 5.74. The van der Waals surface area contributed by atoms with Crippen LogP contribution in [0.15, 0.2) is 0 Å². The lowest BCUT2D eigenvalue weighted by Crippen LogP contribution is -2.64. The van der Waals surface area contributed by atoms with Crippen LogP contribution in [0.5, 0.6) is 0 Å². The van der Waals surface area contributed by atoms with E-state index in [1.54, 1.807) is 6.92 Å². The van der Waals surface area contributed by atoms with Gasteiger partial charge >= 0.3 is 0 Å². The Morgan fingerprint density at radius 2 is 1.88 bits per heavy atom. The van der Waals surface area contributed by atoms with Crippen LogP contribution in [0.2, 0.25) is 0 Å². The van der Waals surface area contributed by atoms with Crippen molar-refractivity contribution in [2.45, 2.75) is 77.3 Å². The molecule has 2 saturated carbocycles. The molecule has 138 valence electrons. The average molecular weight is 346 g/mol. The number of rotatable bonds is 4. The van der Waals surface area contributed by atoms with Crippen LogP contribution < -0.4 is 4.90 Å². The molecule has 0 radical (unpaired) electrons. The topological polar surface area (TPSA) is 67.2 Å². The predicted octanol–water partition coefficient (Wildman–Crippen LogP) is 2.23. The number of hydrogen-bond donors (Lipinski definition) is 0. The molecule has 0 atom stereocenters. The maximum atomic E-state index is 12.2. The number of piperazine rings is 1. The van der Waals surface area contributed by atoms with Crippen molar-refractivity contribution in [2.75, 3.05) is 24.5 Å². The lowest BCUT2D eigenvalue weighted by atomic mass is 9.78. The Morgan fingerprint density at radius 3 is 2.52 bits per heavy atom. The fraction of sp³-hybridized carbons (Fsp3) is 0.889. The zero-order chi connectivity index (χ0) is 17.5. The van der Waals surface area contributed by atoms with Gasteiger partial charge in [-0.1, -0.05) is 31.3 Å². The fourth-order valence-corrected chi connectivity index (χ4v) is 4.92. The Hall–Kier alpha value is -1.66. The van der Waals surface area contributed by atoms with Gasteiger partial charge < -0.3 is 9.80 Å². The van der Waals surface area contributed by atoms with Gasteiger partial charge in [-0.25, -0.2) is 4.68 Å². The van der Waals surface area contributed by atoms with Crippen LogP contribution in [0, 0.1) is 5.41 Å². The van der Waals surface area contributed by atoms with E-state index in [2.05, 4.69) is 32.2 Å². The van der Waals surface area contributed by atoms with Crippen LogP contribution >= 0.6 is 0 Å². The first kappa shape index (κ1) is 16.8. The molecule has 3 aliphatic rings. The second-order valence-corrected chi connectivity index (χ2v) is 8.37. The van der Waals surface area contributed by atoms with Crippen LogP contribution in [-0.2, 0) is 11.3 Å². The molecule has 1 spiro atoms. The minimum Gasteiger partial charge on any atom is -0.336 e. The molecule has 1 aromatic heterocycles. The molecule has 0 N–H and O–H groups in total. The van der Waals surface area contributed by atoms with Gasteiger partial charge in [0.2, 0.25) is 11.9 Å². The molecule has 0 unspecified atom stereocenters. The number of tetrazole rings is 1. The second kappa shape index (κ2) is 6.25. The molecular formula is C18H30N6O. The van der Waals surface area contributed by atoms with Gasteiger partial charge in [0.25, 0.3) is 0 Å². The first-order chi connectivity index (χ1) is 12.1. The van der Waals surface area contributed by atoms with Crippen LogP contribution in [0.25, 0.3) is 0 Å². The van der Waals surface area contributed by atoms with Gasteiger partial charge in [0.05, 0.1) is 12.1 Å². The highest BCUT2D eigenvalue weighted by Gasteiger charge is 2.46. The normalized spacial score (nSPS) is 24.6. The SMILES string of the molecule is CCC1(Cn2nnnc2N2CCN(C(C)=O)C3(CCCCC3)C2)CC1. The summed E-state index contributed by atoms with van der Waals surface area (Å²) in [6.45, 7) is 7.37. The summed E-state index contributed by atoms with van der Waals surface area (Å²) in [6.07, 6.45) is 9.66. The molecule has 2 aliphatic carbocycles. The van der Waals surface area contributed by atoms with Gasteiger partial charge in [-0.2, -0.15) is 0 Å². The smallest absolute Gasteiger partial charge is 0.245 e. The quantitative estimate of drug-likeness (QED) is 0.836. The van der Waals surface area contributed by atoms with Gasteiger partial charge in [0, 0.05) is 26.6 Å². The molecule has 2 heterocycles. The molecule has 0 bridgehead atoms. The molecule has 3 fully saturated rings. The number of amides is 1. The lowest BCUT2D eigenvalue weighted by molar-refractivity contribution is -0.137. The predicted molar refractivity (Wildman–Crippen MR) is 95.2 cm³/mol. The van der Waals surface area contributed by atoms with E-state index in [9.17, 15) is 4.79 Å². The first-order valence-corrected chi connectivity index (χ1v) is 9.87. The highest BCUT2D eigenvalue weighted by atomic mass is 16.2. The molecule has 7 heteroatoms. The van der Waals surface area contributed by atoms with Gasteiger partial charge in [-0.15, -0.1) is 0 Å². The largest absolute Gasteiger partial charge is 0.336 e. The van der Waals surface area contributed by atoms with E-state index in [0.717, 1.165) is 45.0 Å². The van der Waals surface area contributed by atoms with Crippen molar-refractivity contribution in [3.05, 3.63) is 0 Å². The summed E-state index contributed by atoms with van der Waals surface area (Å²) < 4.78 is 2.01. The number of anilines is 1. The number of nitrogens with zero attached hydrogens (tertiary/aromatic N) is 6. The van der Waals surface area contributed by atoms with Crippen LogP contribution in [0.4, 0.5) is 5.95 Å². The average Bonchev–Trinajstić information content (AvgIpc) is 3.23. The molecule has 1 amide bonds. The maximum Gasteiger partial charge on any atom is 0.245 e. The van der Waals surface area contributed by atoms with E-state index < -0.39 is 0 Å². The second-order valence-electron chi connectivity index (χ2n) is 8.37. The number of carbonyl (C=O) groups excluding carboxylic acids is 1. The summed E-state index contributed by atoms with van der Waals surface area (Å²) in [5.74, 6) is 1.11. The third-order valence-electron chi connectivity index (χ3n) is 6.80. The third kappa shape index (κ3) is 3.02. The van der Waals surface area contributed by atoms with Crippen LogP contribution in [0.1, 0.15) is 65.2 Å². The van der Waals surface area contributed by atoms with Crippen LogP contribution in [-0.4, -0.2) is 56.2 Å². The molecule has 7 nitrogen and oxygen atoms in total. The zero-order valence-corrected chi connectivity index (χ0v) is 15.6. The molecule has 25 heavy (non-hydrogen) atoms. The summed E-state index contributed by atoms with van der Waals surface area (Å²) in [5, 5.41) is 12.6. The van der Waals surface area contributed by atoms with Gasteiger partial charge in [-0.3, -0.25) is 4.79 Å². The molecule has 1 aromatic rings. The van der Waals surface area contributed by atoms with Crippen molar-refractivity contribution >= 4 is 11.9 Å². The zero-order valence-electron chi connectivity index (χ0n) is 15.6. The lowest BCUT2D eigenvalue weighted by Gasteiger charge is -2.52. The van der Waals surface area contributed by atoms with E-state index in [1.807, 2.05) is 4.68 Å². The minimum atomic E-state index is -0.0266. The van der Waals surface area contributed by atoms with E-state index in [-0.39, 0.29) is 11.4 Å².